The Hall–Kier alpha value is -2.18. The summed E-state index contributed by atoms with van der Waals surface area (Å²) in [5.41, 5.74) is 5.00. The lowest BCUT2D eigenvalue weighted by Crippen LogP contribution is -2.36. The summed E-state index contributed by atoms with van der Waals surface area (Å²) in [5, 5.41) is 3.14. The molecular formula is C26H34N2O3S. The maximum atomic E-state index is 13.2. The van der Waals surface area contributed by atoms with E-state index < -0.39 is 10.0 Å². The molecule has 1 amide bonds. The summed E-state index contributed by atoms with van der Waals surface area (Å²) in [4.78, 5) is 13.4. The fourth-order valence-electron chi connectivity index (χ4n) is 4.90. The van der Waals surface area contributed by atoms with Crippen LogP contribution in [0.2, 0.25) is 0 Å². The van der Waals surface area contributed by atoms with Gasteiger partial charge >= 0.3 is 0 Å². The monoisotopic (exact) mass is 454 g/mol. The highest BCUT2D eigenvalue weighted by molar-refractivity contribution is 7.89. The van der Waals surface area contributed by atoms with E-state index in [-0.39, 0.29) is 16.8 Å². The third kappa shape index (κ3) is 4.76. The normalized spacial score (nSPS) is 18.1. The van der Waals surface area contributed by atoms with Gasteiger partial charge in [0.1, 0.15) is 0 Å². The number of hydrogen-bond donors (Lipinski definition) is 1. The smallest absolute Gasteiger partial charge is 0.251 e. The lowest BCUT2D eigenvalue weighted by atomic mass is 9.88. The fourth-order valence-corrected chi connectivity index (χ4v) is 6.66. The number of nitrogens with zero attached hydrogens (tertiary/aromatic N) is 1. The van der Waals surface area contributed by atoms with Crippen molar-refractivity contribution in [3.8, 4) is 0 Å². The minimum atomic E-state index is -3.59. The SMILES string of the molecule is CC[C@H](NC(=O)c1ccc(C)c(S(=O)(=O)N2CCCCC2)c1)c1ccc2c(c1)CCCC2. The van der Waals surface area contributed by atoms with Crippen molar-refractivity contribution in [2.24, 2.45) is 0 Å². The summed E-state index contributed by atoms with van der Waals surface area (Å²) in [6.07, 6.45) is 8.31. The van der Waals surface area contributed by atoms with Gasteiger partial charge in [0.15, 0.2) is 0 Å². The maximum Gasteiger partial charge on any atom is 0.251 e. The molecule has 5 nitrogen and oxygen atoms in total. The van der Waals surface area contributed by atoms with Crippen LogP contribution in [0.5, 0.6) is 0 Å². The van der Waals surface area contributed by atoms with E-state index >= 15 is 0 Å². The van der Waals surface area contributed by atoms with E-state index in [9.17, 15) is 13.2 Å². The molecule has 1 saturated heterocycles. The molecule has 0 unspecified atom stereocenters. The average molecular weight is 455 g/mol. The van der Waals surface area contributed by atoms with Crippen molar-refractivity contribution in [3.63, 3.8) is 0 Å². The van der Waals surface area contributed by atoms with Crippen LogP contribution in [0.4, 0.5) is 0 Å². The summed E-state index contributed by atoms with van der Waals surface area (Å²) in [6, 6.07) is 11.5. The van der Waals surface area contributed by atoms with E-state index in [2.05, 4.69) is 30.4 Å². The van der Waals surface area contributed by atoms with E-state index in [0.29, 0.717) is 24.2 Å². The van der Waals surface area contributed by atoms with E-state index in [1.54, 1.807) is 29.4 Å². The summed E-state index contributed by atoms with van der Waals surface area (Å²) in [7, 11) is -3.59. The zero-order valence-electron chi connectivity index (χ0n) is 19.2. The second-order valence-corrected chi connectivity index (χ2v) is 11.0. The Bertz CT molecular complexity index is 1090. The molecule has 6 heteroatoms. The number of benzene rings is 2. The standard InChI is InChI=1S/C26H34N2O3S/c1-3-24(22-14-13-20-9-5-6-10-21(20)17-22)27-26(29)23-12-11-19(2)25(18-23)32(30,31)28-15-7-4-8-16-28/h11-14,17-18,24H,3-10,15-16H2,1-2H3,(H,27,29)/t24-/m0/s1. The molecule has 172 valence electrons. The summed E-state index contributed by atoms with van der Waals surface area (Å²) >= 11 is 0. The molecule has 1 aliphatic carbocycles. The molecule has 1 N–H and O–H groups in total. The maximum absolute atomic E-state index is 13.2. The van der Waals surface area contributed by atoms with Crippen molar-refractivity contribution in [2.75, 3.05) is 13.1 Å². The number of fused-ring (bicyclic) bond motifs is 1. The zero-order valence-corrected chi connectivity index (χ0v) is 20.0. The molecule has 32 heavy (non-hydrogen) atoms. The number of piperidine rings is 1. The molecule has 2 aliphatic rings. The van der Waals surface area contributed by atoms with Gasteiger partial charge in [-0.25, -0.2) is 8.42 Å². The Labute approximate surface area is 192 Å². The van der Waals surface area contributed by atoms with Crippen LogP contribution in [-0.2, 0) is 22.9 Å². The van der Waals surface area contributed by atoms with Gasteiger partial charge in [0.2, 0.25) is 10.0 Å². The molecule has 4 rings (SSSR count). The third-order valence-electron chi connectivity index (χ3n) is 6.87. The quantitative estimate of drug-likeness (QED) is 0.673. The van der Waals surface area contributed by atoms with Crippen molar-refractivity contribution in [1.29, 1.82) is 0 Å². The minimum absolute atomic E-state index is 0.0989. The largest absolute Gasteiger partial charge is 0.345 e. The molecule has 0 radical (unpaired) electrons. The number of amides is 1. The molecule has 1 atom stereocenters. The second kappa shape index (κ2) is 9.75. The van der Waals surface area contributed by atoms with Crippen LogP contribution >= 0.6 is 0 Å². The van der Waals surface area contributed by atoms with Crippen LogP contribution in [-0.4, -0.2) is 31.7 Å². The Morgan fingerprint density at radius 2 is 1.69 bits per heavy atom. The molecule has 2 aromatic rings. The first kappa shape index (κ1) is 23.0. The van der Waals surface area contributed by atoms with Gasteiger partial charge in [-0.3, -0.25) is 4.79 Å². The van der Waals surface area contributed by atoms with Crippen molar-refractivity contribution < 1.29 is 13.2 Å². The van der Waals surface area contributed by atoms with Gasteiger partial charge in [-0.15, -0.1) is 0 Å². The van der Waals surface area contributed by atoms with Crippen LogP contribution in [0.1, 0.15) is 84.1 Å². The van der Waals surface area contributed by atoms with E-state index in [1.807, 2.05) is 0 Å². The number of sulfonamides is 1. The van der Waals surface area contributed by atoms with Gasteiger partial charge in [0, 0.05) is 18.7 Å². The van der Waals surface area contributed by atoms with E-state index in [1.165, 1.54) is 24.0 Å². The van der Waals surface area contributed by atoms with Gasteiger partial charge in [0.05, 0.1) is 10.9 Å². The molecular weight excluding hydrogens is 420 g/mol. The Balaban J connectivity index is 1.56. The predicted octanol–water partition coefficient (Wildman–Crippen LogP) is 4.93. The first-order chi connectivity index (χ1) is 15.4. The zero-order chi connectivity index (χ0) is 22.7. The number of carbonyl (C=O) groups excluding carboxylic acids is 1. The molecule has 0 aromatic heterocycles. The highest BCUT2D eigenvalue weighted by Crippen LogP contribution is 2.27. The molecule has 1 aliphatic heterocycles. The first-order valence-corrected chi connectivity index (χ1v) is 13.4. The first-order valence-electron chi connectivity index (χ1n) is 11.9. The topological polar surface area (TPSA) is 66.5 Å². The Morgan fingerprint density at radius 3 is 2.41 bits per heavy atom. The number of carbonyl (C=O) groups is 1. The fraction of sp³-hybridized carbons (Fsp3) is 0.500. The van der Waals surface area contributed by atoms with Crippen LogP contribution < -0.4 is 5.32 Å². The van der Waals surface area contributed by atoms with E-state index in [0.717, 1.165) is 44.1 Å². The summed E-state index contributed by atoms with van der Waals surface area (Å²) in [6.45, 7) is 4.95. The van der Waals surface area contributed by atoms with E-state index in [4.69, 9.17) is 0 Å². The van der Waals surface area contributed by atoms with Gasteiger partial charge in [-0.1, -0.05) is 37.6 Å². The summed E-state index contributed by atoms with van der Waals surface area (Å²) < 4.78 is 28.0. The third-order valence-corrected chi connectivity index (χ3v) is 8.91. The van der Waals surface area contributed by atoms with Crippen molar-refractivity contribution in [3.05, 3.63) is 64.2 Å². The van der Waals surface area contributed by atoms with Gasteiger partial charge < -0.3 is 5.32 Å². The molecule has 0 spiro atoms. The molecule has 0 saturated carbocycles. The van der Waals surface area contributed by atoms with Gasteiger partial charge in [-0.2, -0.15) is 4.31 Å². The highest BCUT2D eigenvalue weighted by Gasteiger charge is 2.28. The van der Waals surface area contributed by atoms with Gasteiger partial charge in [0.25, 0.3) is 5.91 Å². The van der Waals surface area contributed by atoms with Crippen molar-refractivity contribution in [2.45, 2.75) is 76.2 Å². The Morgan fingerprint density at radius 1 is 0.969 bits per heavy atom. The lowest BCUT2D eigenvalue weighted by Gasteiger charge is -2.27. The van der Waals surface area contributed by atoms with Crippen LogP contribution in [0.15, 0.2) is 41.3 Å². The molecule has 0 bridgehead atoms. The van der Waals surface area contributed by atoms with Crippen LogP contribution in [0.25, 0.3) is 0 Å². The molecule has 1 heterocycles. The van der Waals surface area contributed by atoms with Crippen molar-refractivity contribution >= 4 is 15.9 Å². The summed E-state index contributed by atoms with van der Waals surface area (Å²) in [5.74, 6) is -0.232. The van der Waals surface area contributed by atoms with Crippen LogP contribution in [0.3, 0.4) is 0 Å². The highest BCUT2D eigenvalue weighted by atomic mass is 32.2. The van der Waals surface area contributed by atoms with Crippen LogP contribution in [0, 0.1) is 6.92 Å². The Kier molecular flexibility index (Phi) is 7.01. The minimum Gasteiger partial charge on any atom is -0.345 e. The number of aryl methyl sites for hydroxylation is 3. The van der Waals surface area contributed by atoms with Crippen molar-refractivity contribution in [1.82, 2.24) is 9.62 Å². The average Bonchev–Trinajstić information content (AvgIpc) is 2.82. The molecule has 1 fully saturated rings. The number of hydrogen-bond acceptors (Lipinski definition) is 3. The number of rotatable bonds is 6. The number of nitrogens with one attached hydrogen (secondary N) is 1. The predicted molar refractivity (Wildman–Crippen MR) is 127 cm³/mol. The van der Waals surface area contributed by atoms with Gasteiger partial charge in [-0.05, 0) is 86.3 Å². The second-order valence-electron chi connectivity index (χ2n) is 9.11. The lowest BCUT2D eigenvalue weighted by molar-refractivity contribution is 0.0935. The molecule has 2 aromatic carbocycles.